The summed E-state index contributed by atoms with van der Waals surface area (Å²) in [5.74, 6) is -3.04. The summed E-state index contributed by atoms with van der Waals surface area (Å²) in [5, 5.41) is 4.84. The third-order valence-electron chi connectivity index (χ3n) is 3.20. The molecule has 8 heteroatoms. The first-order chi connectivity index (χ1) is 9.30. The van der Waals surface area contributed by atoms with Gasteiger partial charge >= 0.3 is 0 Å². The fourth-order valence-electron chi connectivity index (χ4n) is 2.18. The molecule has 1 aliphatic heterocycles. The lowest BCUT2D eigenvalue weighted by Crippen LogP contribution is -2.36. The first kappa shape index (κ1) is 14.9. The Labute approximate surface area is 115 Å². The van der Waals surface area contributed by atoms with Gasteiger partial charge in [0.25, 0.3) is 5.91 Å². The lowest BCUT2D eigenvalue weighted by Gasteiger charge is -2.27. The van der Waals surface area contributed by atoms with E-state index in [-0.39, 0.29) is 0 Å². The maximum Gasteiger partial charge on any atom is 0.256 e. The number of halogens is 2. The van der Waals surface area contributed by atoms with E-state index in [9.17, 15) is 22.0 Å². The molecule has 2 N–H and O–H groups in total. The van der Waals surface area contributed by atoms with Crippen LogP contribution in [0, 0.1) is 11.6 Å². The molecule has 1 amide bonds. The zero-order valence-corrected chi connectivity index (χ0v) is 11.4. The molecule has 0 aromatic heterocycles. The van der Waals surface area contributed by atoms with E-state index in [1.165, 1.54) is 4.90 Å². The van der Waals surface area contributed by atoms with Gasteiger partial charge in [0.15, 0.2) is 0 Å². The summed E-state index contributed by atoms with van der Waals surface area (Å²) in [4.78, 5) is 12.7. The lowest BCUT2D eigenvalue weighted by atomic mass is 10.1. The Morgan fingerprint density at radius 1 is 1.10 bits per heavy atom. The predicted molar refractivity (Wildman–Crippen MR) is 67.5 cm³/mol. The molecular formula is C12H14F2N2O3S. The van der Waals surface area contributed by atoms with Crippen molar-refractivity contribution in [2.75, 3.05) is 13.1 Å². The quantitative estimate of drug-likeness (QED) is 0.892. The molecule has 5 nitrogen and oxygen atoms in total. The minimum absolute atomic E-state index is 0.372. The van der Waals surface area contributed by atoms with Crippen LogP contribution in [0.1, 0.15) is 29.6 Å². The molecule has 2 rings (SSSR count). The maximum atomic E-state index is 13.7. The van der Waals surface area contributed by atoms with Crippen molar-refractivity contribution < 1.29 is 22.0 Å². The van der Waals surface area contributed by atoms with Crippen LogP contribution >= 0.6 is 0 Å². The van der Waals surface area contributed by atoms with Gasteiger partial charge in [-0.2, -0.15) is 0 Å². The van der Waals surface area contributed by atoms with Crippen molar-refractivity contribution in [2.45, 2.75) is 24.2 Å². The molecule has 0 atom stereocenters. The highest BCUT2D eigenvalue weighted by molar-refractivity contribution is 7.89. The molecule has 0 radical (unpaired) electrons. The summed E-state index contributed by atoms with van der Waals surface area (Å²) in [6, 6.07) is 1.04. The molecule has 1 saturated heterocycles. The number of nitrogens with two attached hydrogens (primary N) is 1. The summed E-state index contributed by atoms with van der Waals surface area (Å²) in [6.45, 7) is 0.945. The van der Waals surface area contributed by atoms with Crippen molar-refractivity contribution >= 4 is 15.9 Å². The molecule has 20 heavy (non-hydrogen) atoms. The molecule has 0 unspecified atom stereocenters. The van der Waals surface area contributed by atoms with Crippen molar-refractivity contribution in [2.24, 2.45) is 5.14 Å². The van der Waals surface area contributed by atoms with Crippen LogP contribution in [0.15, 0.2) is 17.0 Å². The zero-order valence-electron chi connectivity index (χ0n) is 10.6. The summed E-state index contributed by atoms with van der Waals surface area (Å²) in [7, 11) is -4.35. The van der Waals surface area contributed by atoms with E-state index in [0.29, 0.717) is 25.2 Å². The Bertz CT molecular complexity index is 640. The number of piperidine rings is 1. The van der Waals surface area contributed by atoms with Crippen LogP contribution in [0.3, 0.4) is 0 Å². The number of benzene rings is 1. The second-order valence-electron chi connectivity index (χ2n) is 4.66. The van der Waals surface area contributed by atoms with Crippen LogP contribution < -0.4 is 5.14 Å². The van der Waals surface area contributed by atoms with Gasteiger partial charge in [-0.05, 0) is 25.3 Å². The summed E-state index contributed by atoms with van der Waals surface area (Å²) >= 11 is 0. The average molecular weight is 304 g/mol. The van der Waals surface area contributed by atoms with E-state index >= 15 is 0 Å². The van der Waals surface area contributed by atoms with Gasteiger partial charge in [0, 0.05) is 19.2 Å². The molecule has 0 saturated carbocycles. The van der Waals surface area contributed by atoms with Gasteiger partial charge in [0.05, 0.1) is 5.56 Å². The number of primary sulfonamides is 1. The number of nitrogens with zero attached hydrogens (tertiary/aromatic N) is 1. The lowest BCUT2D eigenvalue weighted by molar-refractivity contribution is 0.0719. The van der Waals surface area contributed by atoms with Gasteiger partial charge < -0.3 is 4.90 Å². The molecule has 110 valence electrons. The number of hydrogen-bond acceptors (Lipinski definition) is 3. The highest BCUT2D eigenvalue weighted by atomic mass is 32.2. The highest BCUT2D eigenvalue weighted by Gasteiger charge is 2.25. The average Bonchev–Trinajstić information content (AvgIpc) is 2.37. The summed E-state index contributed by atoms with van der Waals surface area (Å²) in [6.07, 6.45) is 2.59. The third-order valence-corrected chi connectivity index (χ3v) is 4.13. The number of hydrogen-bond donors (Lipinski definition) is 1. The van der Waals surface area contributed by atoms with Gasteiger partial charge in [-0.3, -0.25) is 4.79 Å². The first-order valence-corrected chi connectivity index (χ1v) is 7.66. The molecule has 1 aromatic rings. The minimum atomic E-state index is -4.35. The van der Waals surface area contributed by atoms with Crippen molar-refractivity contribution in [3.63, 3.8) is 0 Å². The molecule has 1 fully saturated rings. The molecule has 1 heterocycles. The van der Waals surface area contributed by atoms with Crippen LogP contribution in [-0.4, -0.2) is 32.3 Å². The minimum Gasteiger partial charge on any atom is -0.339 e. The van der Waals surface area contributed by atoms with Crippen LogP contribution in [0.4, 0.5) is 8.78 Å². The Balaban J connectivity index is 2.43. The molecule has 0 aliphatic carbocycles. The largest absolute Gasteiger partial charge is 0.339 e. The normalized spacial score (nSPS) is 16.2. The monoisotopic (exact) mass is 304 g/mol. The topological polar surface area (TPSA) is 80.5 Å². The third kappa shape index (κ3) is 2.96. The Kier molecular flexibility index (Phi) is 4.05. The van der Waals surface area contributed by atoms with Crippen LogP contribution in [0.2, 0.25) is 0 Å². The van der Waals surface area contributed by atoms with Gasteiger partial charge in [0.1, 0.15) is 16.5 Å². The number of likely N-dealkylation sites (tertiary alicyclic amines) is 1. The van der Waals surface area contributed by atoms with Crippen molar-refractivity contribution in [3.8, 4) is 0 Å². The fourth-order valence-corrected chi connectivity index (χ4v) is 2.79. The smallest absolute Gasteiger partial charge is 0.256 e. The Morgan fingerprint density at radius 3 is 2.25 bits per heavy atom. The predicted octanol–water partition coefficient (Wildman–Crippen LogP) is 1.24. The van der Waals surface area contributed by atoms with Crippen LogP contribution in [0.5, 0.6) is 0 Å². The zero-order chi connectivity index (χ0) is 14.9. The molecular weight excluding hydrogens is 290 g/mol. The van der Waals surface area contributed by atoms with E-state index in [1.807, 2.05) is 0 Å². The Hall–Kier alpha value is -1.54. The maximum absolute atomic E-state index is 13.7. The van der Waals surface area contributed by atoms with E-state index in [4.69, 9.17) is 5.14 Å². The van der Waals surface area contributed by atoms with Crippen molar-refractivity contribution in [1.29, 1.82) is 0 Å². The Morgan fingerprint density at radius 2 is 1.70 bits per heavy atom. The first-order valence-electron chi connectivity index (χ1n) is 6.12. The second-order valence-corrected chi connectivity index (χ2v) is 6.19. The van der Waals surface area contributed by atoms with E-state index in [1.54, 1.807) is 0 Å². The molecule has 0 bridgehead atoms. The highest BCUT2D eigenvalue weighted by Crippen LogP contribution is 2.21. The van der Waals surface area contributed by atoms with E-state index < -0.39 is 38.0 Å². The number of carbonyl (C=O) groups excluding carboxylic acids is 1. The summed E-state index contributed by atoms with van der Waals surface area (Å²) in [5.41, 5.74) is -0.475. The number of amides is 1. The van der Waals surface area contributed by atoms with Gasteiger partial charge in [0.2, 0.25) is 10.0 Å². The van der Waals surface area contributed by atoms with Crippen molar-refractivity contribution in [3.05, 3.63) is 29.3 Å². The van der Waals surface area contributed by atoms with Gasteiger partial charge in [-0.25, -0.2) is 22.3 Å². The van der Waals surface area contributed by atoms with Crippen LogP contribution in [-0.2, 0) is 10.0 Å². The molecule has 0 spiro atoms. The number of sulfonamides is 1. The van der Waals surface area contributed by atoms with Crippen molar-refractivity contribution in [1.82, 2.24) is 4.90 Å². The second kappa shape index (κ2) is 5.45. The van der Waals surface area contributed by atoms with Gasteiger partial charge in [-0.15, -0.1) is 0 Å². The van der Waals surface area contributed by atoms with E-state index in [0.717, 1.165) is 19.3 Å². The standard InChI is InChI=1S/C12H14F2N2O3S/c13-9-7-10(14)11(20(15,18)19)6-8(9)12(17)16-4-2-1-3-5-16/h6-7H,1-5H2,(H2,15,18,19). The molecule has 1 aromatic carbocycles. The molecule has 1 aliphatic rings. The fraction of sp³-hybridized carbons (Fsp3) is 0.417. The SMILES string of the molecule is NS(=O)(=O)c1cc(C(=O)N2CCCCC2)c(F)cc1F. The van der Waals surface area contributed by atoms with E-state index in [2.05, 4.69) is 0 Å². The summed E-state index contributed by atoms with van der Waals surface area (Å²) < 4.78 is 49.5. The number of carbonyl (C=O) groups is 1. The van der Waals surface area contributed by atoms with Crippen LogP contribution in [0.25, 0.3) is 0 Å². The van der Waals surface area contributed by atoms with Gasteiger partial charge in [-0.1, -0.05) is 0 Å². The number of rotatable bonds is 2.